The number of carbonyl (C=O) groups excluding carboxylic acids is 3. The molecule has 6 heteroatoms. The summed E-state index contributed by atoms with van der Waals surface area (Å²) in [5.41, 5.74) is 0.523. The summed E-state index contributed by atoms with van der Waals surface area (Å²) in [7, 11) is 0. The van der Waals surface area contributed by atoms with Crippen LogP contribution < -0.4 is 9.64 Å². The minimum atomic E-state index is -0.598. The summed E-state index contributed by atoms with van der Waals surface area (Å²) in [4.78, 5) is 39.5. The Morgan fingerprint density at radius 2 is 1.61 bits per heavy atom. The highest BCUT2D eigenvalue weighted by molar-refractivity contribution is 6.22. The van der Waals surface area contributed by atoms with E-state index < -0.39 is 5.97 Å². The Morgan fingerprint density at radius 3 is 2.18 bits per heavy atom. The molecule has 3 fully saturated rings. The Labute approximate surface area is 160 Å². The molecule has 2 saturated carbocycles. The van der Waals surface area contributed by atoms with Crippen molar-refractivity contribution < 1.29 is 23.5 Å². The van der Waals surface area contributed by atoms with E-state index in [0.29, 0.717) is 23.3 Å². The van der Waals surface area contributed by atoms with E-state index in [9.17, 15) is 14.4 Å². The van der Waals surface area contributed by atoms with Crippen LogP contribution >= 0.6 is 0 Å². The molecule has 1 saturated heterocycles. The van der Waals surface area contributed by atoms with Crippen molar-refractivity contribution in [2.75, 3.05) is 4.90 Å². The van der Waals surface area contributed by atoms with Crippen LogP contribution in [0.4, 0.5) is 5.69 Å². The van der Waals surface area contributed by atoms with Crippen LogP contribution in [0.15, 0.2) is 59.2 Å². The summed E-state index contributed by atoms with van der Waals surface area (Å²) < 4.78 is 10.3. The molecule has 5 aliphatic rings. The van der Waals surface area contributed by atoms with Gasteiger partial charge in [-0.1, -0.05) is 12.2 Å². The first-order valence-corrected chi connectivity index (χ1v) is 9.55. The smallest absolute Gasteiger partial charge is 0.379 e. The SMILES string of the molecule is O=C(Oc1ccc(N2C(=O)[C@@H]3[C@@H]4C=C[C@@H]([C@@H]5C[C@@H]45)[C@@H]3C2=O)cc1)c1ccco1. The van der Waals surface area contributed by atoms with Gasteiger partial charge in [0.2, 0.25) is 17.6 Å². The number of furan rings is 1. The minimum absolute atomic E-state index is 0.0972. The maximum Gasteiger partial charge on any atom is 0.379 e. The fraction of sp³-hybridized carbons (Fsp3) is 0.318. The van der Waals surface area contributed by atoms with Gasteiger partial charge in [0.05, 0.1) is 23.8 Å². The van der Waals surface area contributed by atoms with Crippen molar-refractivity contribution in [3.8, 4) is 5.75 Å². The number of rotatable bonds is 3. The highest BCUT2D eigenvalue weighted by Gasteiger charge is 2.67. The molecule has 7 rings (SSSR count). The van der Waals surface area contributed by atoms with Gasteiger partial charge in [0.15, 0.2) is 0 Å². The predicted octanol–water partition coefficient (Wildman–Crippen LogP) is 3.06. The second-order valence-electron chi connectivity index (χ2n) is 8.03. The highest BCUT2D eigenvalue weighted by atomic mass is 16.5. The Kier molecular flexibility index (Phi) is 3.08. The van der Waals surface area contributed by atoms with Crippen molar-refractivity contribution in [3.63, 3.8) is 0 Å². The zero-order chi connectivity index (χ0) is 19.0. The van der Waals surface area contributed by atoms with E-state index in [0.717, 1.165) is 6.42 Å². The zero-order valence-electron chi connectivity index (χ0n) is 14.9. The summed E-state index contributed by atoms with van der Waals surface area (Å²) in [6.07, 6.45) is 6.86. The van der Waals surface area contributed by atoms with Crippen molar-refractivity contribution in [1.82, 2.24) is 0 Å². The predicted molar refractivity (Wildman–Crippen MR) is 97.3 cm³/mol. The number of carbonyl (C=O) groups is 3. The van der Waals surface area contributed by atoms with E-state index >= 15 is 0 Å². The average Bonchev–Trinajstić information content (AvgIpc) is 3.27. The maximum absolute atomic E-state index is 13.1. The lowest BCUT2D eigenvalue weighted by atomic mass is 9.63. The lowest BCUT2D eigenvalue weighted by Gasteiger charge is -2.37. The number of anilines is 1. The normalized spacial score (nSPS) is 34.4. The molecule has 2 amide bonds. The molecule has 6 nitrogen and oxygen atoms in total. The molecule has 1 aromatic carbocycles. The largest absolute Gasteiger partial charge is 0.457 e. The van der Waals surface area contributed by atoms with Crippen LogP contribution in [0, 0.1) is 35.5 Å². The maximum atomic E-state index is 13.1. The summed E-state index contributed by atoms with van der Waals surface area (Å²) in [5, 5.41) is 0. The molecule has 4 aliphatic carbocycles. The van der Waals surface area contributed by atoms with Gasteiger partial charge in [0.1, 0.15) is 5.75 Å². The van der Waals surface area contributed by atoms with Crippen molar-refractivity contribution in [2.24, 2.45) is 35.5 Å². The van der Waals surface area contributed by atoms with Gasteiger partial charge in [-0.05, 0) is 66.5 Å². The Balaban J connectivity index is 1.25. The van der Waals surface area contributed by atoms with Crippen LogP contribution in [0.1, 0.15) is 17.0 Å². The lowest BCUT2D eigenvalue weighted by Crippen LogP contribution is -2.40. The molecule has 1 aromatic heterocycles. The summed E-state index contributed by atoms with van der Waals surface area (Å²) >= 11 is 0. The van der Waals surface area contributed by atoms with E-state index in [1.165, 1.54) is 17.2 Å². The van der Waals surface area contributed by atoms with E-state index in [1.54, 1.807) is 30.3 Å². The topological polar surface area (TPSA) is 76.8 Å². The monoisotopic (exact) mass is 375 g/mol. The van der Waals surface area contributed by atoms with Crippen LogP contribution in [0.3, 0.4) is 0 Å². The molecule has 2 heterocycles. The van der Waals surface area contributed by atoms with Crippen LogP contribution in [0.2, 0.25) is 0 Å². The van der Waals surface area contributed by atoms with Gasteiger partial charge in [0, 0.05) is 0 Å². The van der Waals surface area contributed by atoms with Crippen molar-refractivity contribution in [1.29, 1.82) is 0 Å². The first-order chi connectivity index (χ1) is 13.6. The van der Waals surface area contributed by atoms with Crippen LogP contribution in [-0.4, -0.2) is 17.8 Å². The van der Waals surface area contributed by atoms with Gasteiger partial charge in [-0.2, -0.15) is 0 Å². The minimum Gasteiger partial charge on any atom is -0.457 e. The van der Waals surface area contributed by atoms with Crippen molar-refractivity contribution >= 4 is 23.5 Å². The first-order valence-electron chi connectivity index (χ1n) is 9.55. The van der Waals surface area contributed by atoms with E-state index in [-0.39, 0.29) is 41.2 Å². The van der Waals surface area contributed by atoms with Gasteiger partial charge >= 0.3 is 5.97 Å². The molecule has 28 heavy (non-hydrogen) atoms. The summed E-state index contributed by atoms with van der Waals surface area (Å²) in [5.74, 6) is 0.770. The number of ether oxygens (including phenoxy) is 1. The van der Waals surface area contributed by atoms with Gasteiger partial charge in [-0.25, -0.2) is 4.79 Å². The molecule has 1 aliphatic heterocycles. The molecule has 0 radical (unpaired) electrons. The third kappa shape index (κ3) is 2.06. The van der Waals surface area contributed by atoms with Gasteiger partial charge in [-0.3, -0.25) is 14.5 Å². The third-order valence-corrected chi connectivity index (χ3v) is 6.69. The van der Waals surface area contributed by atoms with Gasteiger partial charge in [0.25, 0.3) is 0 Å². The first kappa shape index (κ1) is 15.9. The fourth-order valence-electron chi connectivity index (χ4n) is 5.43. The number of hydrogen-bond donors (Lipinski definition) is 0. The van der Waals surface area contributed by atoms with E-state index in [1.807, 2.05) is 0 Å². The number of hydrogen-bond acceptors (Lipinski definition) is 5. The number of benzene rings is 1. The number of imide groups is 1. The molecule has 2 bridgehead atoms. The molecule has 140 valence electrons. The number of esters is 1. The highest BCUT2D eigenvalue weighted by Crippen LogP contribution is 2.65. The molecule has 0 N–H and O–H groups in total. The molecular formula is C22H17NO5. The van der Waals surface area contributed by atoms with Crippen LogP contribution in [-0.2, 0) is 9.59 Å². The molecule has 6 atom stereocenters. The van der Waals surface area contributed by atoms with Gasteiger partial charge < -0.3 is 9.15 Å². The Morgan fingerprint density at radius 1 is 0.964 bits per heavy atom. The molecule has 0 unspecified atom stereocenters. The molecule has 0 spiro atoms. The fourth-order valence-corrected chi connectivity index (χ4v) is 5.43. The zero-order valence-corrected chi connectivity index (χ0v) is 14.9. The standard InChI is InChI=1S/C22H17NO5/c24-20-18-13-7-8-14(16-10-15(13)16)19(18)21(25)23(20)11-3-5-12(6-4-11)28-22(26)17-2-1-9-27-17/h1-9,13-16,18-19H,10H2/t13-,14+,15-,16-,18-,19+/m0/s1. The molecular weight excluding hydrogens is 358 g/mol. The van der Waals surface area contributed by atoms with E-state index in [4.69, 9.17) is 9.15 Å². The Hall–Kier alpha value is -3.15. The van der Waals surface area contributed by atoms with Crippen molar-refractivity contribution in [3.05, 3.63) is 60.6 Å². The molecule has 2 aromatic rings. The van der Waals surface area contributed by atoms with Crippen molar-refractivity contribution in [2.45, 2.75) is 6.42 Å². The van der Waals surface area contributed by atoms with Crippen LogP contribution in [0.25, 0.3) is 0 Å². The average molecular weight is 375 g/mol. The van der Waals surface area contributed by atoms with Gasteiger partial charge in [-0.15, -0.1) is 0 Å². The Bertz CT molecular complexity index is 986. The second-order valence-corrected chi connectivity index (χ2v) is 8.03. The van der Waals surface area contributed by atoms with E-state index in [2.05, 4.69) is 12.2 Å². The number of allylic oxidation sites excluding steroid dienone is 2. The second kappa shape index (κ2) is 5.44. The lowest BCUT2D eigenvalue weighted by molar-refractivity contribution is -0.124. The summed E-state index contributed by atoms with van der Waals surface area (Å²) in [6.45, 7) is 0. The third-order valence-electron chi connectivity index (χ3n) is 6.69. The summed E-state index contributed by atoms with van der Waals surface area (Å²) in [6, 6.07) is 9.59. The number of amides is 2. The quantitative estimate of drug-likeness (QED) is 0.357. The number of nitrogens with zero attached hydrogens (tertiary/aromatic N) is 1. The van der Waals surface area contributed by atoms with Crippen LogP contribution in [0.5, 0.6) is 5.75 Å².